The van der Waals surface area contributed by atoms with Crippen molar-refractivity contribution < 1.29 is 9.53 Å². The third-order valence-electron chi connectivity index (χ3n) is 4.80. The predicted molar refractivity (Wildman–Crippen MR) is 103 cm³/mol. The maximum absolute atomic E-state index is 13.1. The van der Waals surface area contributed by atoms with E-state index in [9.17, 15) is 9.59 Å². The smallest absolute Gasteiger partial charge is 0.258 e. The van der Waals surface area contributed by atoms with E-state index in [4.69, 9.17) is 4.74 Å². The van der Waals surface area contributed by atoms with Crippen LogP contribution in [0.2, 0.25) is 0 Å². The third kappa shape index (κ3) is 3.30. The highest BCUT2D eigenvalue weighted by Gasteiger charge is 2.22. The van der Waals surface area contributed by atoms with E-state index in [0.29, 0.717) is 28.9 Å². The van der Waals surface area contributed by atoms with Gasteiger partial charge >= 0.3 is 0 Å². The Hall–Kier alpha value is -3.15. The van der Waals surface area contributed by atoms with Crippen molar-refractivity contribution in [2.75, 3.05) is 6.61 Å². The zero-order valence-corrected chi connectivity index (χ0v) is 15.4. The molecule has 138 valence electrons. The summed E-state index contributed by atoms with van der Waals surface area (Å²) in [6, 6.07) is 12.7. The molecule has 0 spiro atoms. The molecule has 1 amide bonds. The van der Waals surface area contributed by atoms with E-state index < -0.39 is 0 Å². The second kappa shape index (κ2) is 6.87. The molecule has 0 atom stereocenters. The van der Waals surface area contributed by atoms with Crippen molar-refractivity contribution in [2.24, 2.45) is 0 Å². The Morgan fingerprint density at radius 1 is 1.26 bits per heavy atom. The number of aromatic amines is 1. The van der Waals surface area contributed by atoms with Crippen molar-refractivity contribution >= 4 is 16.8 Å². The average Bonchev–Trinajstić information content (AvgIpc) is 3.13. The number of hydrogen-bond donors (Lipinski definition) is 1. The second-order valence-electron chi connectivity index (χ2n) is 6.98. The SMILES string of the molecule is CC(C)N(Cc1nc2ccccc2c(=O)[nH]1)C(=O)c1ccc2c(c1)CCO2. The van der Waals surface area contributed by atoms with Crippen LogP contribution in [0.25, 0.3) is 10.9 Å². The molecule has 1 aliphatic heterocycles. The number of H-pyrrole nitrogens is 1. The van der Waals surface area contributed by atoms with E-state index in [1.807, 2.05) is 32.0 Å². The third-order valence-corrected chi connectivity index (χ3v) is 4.80. The number of para-hydroxylation sites is 1. The molecule has 1 aromatic heterocycles. The average molecular weight is 363 g/mol. The highest BCUT2D eigenvalue weighted by molar-refractivity contribution is 5.94. The van der Waals surface area contributed by atoms with E-state index in [1.165, 1.54) is 0 Å². The summed E-state index contributed by atoms with van der Waals surface area (Å²) in [7, 11) is 0. The Balaban J connectivity index is 1.65. The van der Waals surface area contributed by atoms with Gasteiger partial charge in [-0.1, -0.05) is 12.1 Å². The fourth-order valence-electron chi connectivity index (χ4n) is 3.35. The van der Waals surface area contributed by atoms with Gasteiger partial charge in [-0.25, -0.2) is 4.98 Å². The van der Waals surface area contributed by atoms with Gasteiger partial charge in [0.1, 0.15) is 11.6 Å². The van der Waals surface area contributed by atoms with E-state index in [0.717, 1.165) is 17.7 Å². The van der Waals surface area contributed by atoms with Gasteiger partial charge in [0.05, 0.1) is 24.1 Å². The van der Waals surface area contributed by atoms with Gasteiger partial charge < -0.3 is 14.6 Å². The molecule has 27 heavy (non-hydrogen) atoms. The lowest BCUT2D eigenvalue weighted by molar-refractivity contribution is 0.0685. The number of nitrogens with zero attached hydrogens (tertiary/aromatic N) is 2. The molecule has 0 radical (unpaired) electrons. The Kier molecular flexibility index (Phi) is 4.39. The fourth-order valence-corrected chi connectivity index (χ4v) is 3.35. The van der Waals surface area contributed by atoms with E-state index >= 15 is 0 Å². The van der Waals surface area contributed by atoms with Crippen LogP contribution in [0.4, 0.5) is 0 Å². The summed E-state index contributed by atoms with van der Waals surface area (Å²) in [5.74, 6) is 1.24. The molecule has 0 unspecified atom stereocenters. The molecule has 0 aliphatic carbocycles. The van der Waals surface area contributed by atoms with Gasteiger partial charge in [-0.3, -0.25) is 9.59 Å². The number of fused-ring (bicyclic) bond motifs is 2. The Morgan fingerprint density at radius 2 is 2.07 bits per heavy atom. The molecule has 0 saturated carbocycles. The molecule has 1 N–H and O–H groups in total. The highest BCUT2D eigenvalue weighted by atomic mass is 16.5. The van der Waals surface area contributed by atoms with Gasteiger partial charge in [-0.2, -0.15) is 0 Å². The second-order valence-corrected chi connectivity index (χ2v) is 6.98. The first-order valence-electron chi connectivity index (χ1n) is 9.07. The topological polar surface area (TPSA) is 75.3 Å². The lowest BCUT2D eigenvalue weighted by Gasteiger charge is -2.26. The van der Waals surface area contributed by atoms with Crippen molar-refractivity contribution in [3.63, 3.8) is 0 Å². The molecule has 1 aliphatic rings. The number of nitrogens with one attached hydrogen (secondary N) is 1. The minimum absolute atomic E-state index is 0.0428. The fraction of sp³-hybridized carbons (Fsp3) is 0.286. The quantitative estimate of drug-likeness (QED) is 0.773. The van der Waals surface area contributed by atoms with Crippen LogP contribution in [0.1, 0.15) is 35.6 Å². The minimum Gasteiger partial charge on any atom is -0.493 e. The van der Waals surface area contributed by atoms with Crippen LogP contribution < -0.4 is 10.3 Å². The van der Waals surface area contributed by atoms with E-state index in [2.05, 4.69) is 9.97 Å². The zero-order valence-electron chi connectivity index (χ0n) is 15.4. The molecule has 4 rings (SSSR count). The van der Waals surface area contributed by atoms with Crippen LogP contribution in [0, 0.1) is 0 Å². The monoisotopic (exact) mass is 363 g/mol. The van der Waals surface area contributed by atoms with Gasteiger partial charge in [-0.15, -0.1) is 0 Å². The lowest BCUT2D eigenvalue weighted by atomic mass is 10.1. The van der Waals surface area contributed by atoms with Gasteiger partial charge in [0.15, 0.2) is 0 Å². The normalized spacial score (nSPS) is 12.9. The summed E-state index contributed by atoms with van der Waals surface area (Å²) in [4.78, 5) is 34.4. The summed E-state index contributed by atoms with van der Waals surface area (Å²) < 4.78 is 5.52. The Morgan fingerprint density at radius 3 is 2.89 bits per heavy atom. The molecule has 6 heteroatoms. The summed E-state index contributed by atoms with van der Waals surface area (Å²) >= 11 is 0. The lowest BCUT2D eigenvalue weighted by Crippen LogP contribution is -2.37. The molecular formula is C21H21N3O3. The van der Waals surface area contributed by atoms with Crippen molar-refractivity contribution in [1.29, 1.82) is 0 Å². The molecule has 6 nitrogen and oxygen atoms in total. The summed E-state index contributed by atoms with van der Waals surface area (Å²) in [5, 5.41) is 0.544. The van der Waals surface area contributed by atoms with Crippen LogP contribution in [0.15, 0.2) is 47.3 Å². The van der Waals surface area contributed by atoms with Crippen LogP contribution >= 0.6 is 0 Å². The Labute approximate surface area is 156 Å². The molecule has 2 heterocycles. The first-order chi connectivity index (χ1) is 13.0. The maximum Gasteiger partial charge on any atom is 0.258 e. The number of amides is 1. The van der Waals surface area contributed by atoms with Crippen LogP contribution in [0.3, 0.4) is 0 Å². The molecule has 0 bridgehead atoms. The van der Waals surface area contributed by atoms with E-state index in [1.54, 1.807) is 29.2 Å². The minimum atomic E-state index is -0.193. The zero-order chi connectivity index (χ0) is 19.0. The molecule has 0 saturated heterocycles. The Bertz CT molecular complexity index is 1070. The molecule has 3 aromatic rings. The molecule has 2 aromatic carbocycles. The summed E-state index contributed by atoms with van der Waals surface area (Å²) in [5.41, 5.74) is 2.11. The van der Waals surface area contributed by atoms with Crippen molar-refractivity contribution in [3.05, 3.63) is 69.8 Å². The molecule has 0 fully saturated rings. The van der Waals surface area contributed by atoms with Crippen molar-refractivity contribution in [3.8, 4) is 5.75 Å². The van der Waals surface area contributed by atoms with Crippen molar-refractivity contribution in [2.45, 2.75) is 32.9 Å². The number of ether oxygens (including phenoxy) is 1. The van der Waals surface area contributed by atoms with Gasteiger partial charge in [-0.05, 0) is 49.7 Å². The number of benzene rings is 2. The van der Waals surface area contributed by atoms with Crippen LogP contribution in [0.5, 0.6) is 5.75 Å². The number of hydrogen-bond acceptors (Lipinski definition) is 4. The van der Waals surface area contributed by atoms with Gasteiger partial charge in [0.2, 0.25) is 0 Å². The predicted octanol–water partition coefficient (Wildman–Crippen LogP) is 2.91. The van der Waals surface area contributed by atoms with Gasteiger partial charge in [0.25, 0.3) is 11.5 Å². The first kappa shape index (κ1) is 17.3. The summed E-state index contributed by atoms with van der Waals surface area (Å²) in [6.45, 7) is 4.80. The molecular weight excluding hydrogens is 342 g/mol. The highest BCUT2D eigenvalue weighted by Crippen LogP contribution is 2.26. The van der Waals surface area contributed by atoms with Gasteiger partial charge in [0, 0.05) is 18.0 Å². The standard InChI is InChI=1S/C21H21N3O3/c1-13(2)24(21(26)15-7-8-18-14(11-15)9-10-27-18)12-19-22-17-6-4-3-5-16(17)20(25)23-19/h3-8,11,13H,9-10,12H2,1-2H3,(H,22,23,25). The summed E-state index contributed by atoms with van der Waals surface area (Å²) in [6.07, 6.45) is 0.817. The number of rotatable bonds is 4. The van der Waals surface area contributed by atoms with E-state index in [-0.39, 0.29) is 24.1 Å². The van der Waals surface area contributed by atoms with Crippen LogP contribution in [-0.4, -0.2) is 33.4 Å². The van der Waals surface area contributed by atoms with Crippen molar-refractivity contribution in [1.82, 2.24) is 14.9 Å². The first-order valence-corrected chi connectivity index (χ1v) is 9.07. The number of carbonyl (C=O) groups is 1. The maximum atomic E-state index is 13.1. The van der Waals surface area contributed by atoms with Crippen LogP contribution in [-0.2, 0) is 13.0 Å². The largest absolute Gasteiger partial charge is 0.493 e. The number of aromatic nitrogens is 2. The number of carbonyl (C=O) groups excluding carboxylic acids is 1.